The molecule has 28 heteroatoms. The highest BCUT2D eigenvalue weighted by Crippen LogP contribution is 2.46. The molecular weight excluding hydrogens is 1440 g/mol. The lowest BCUT2D eigenvalue weighted by atomic mass is 9.99. The van der Waals surface area contributed by atoms with Crippen LogP contribution in [0.15, 0.2) is 182 Å². The van der Waals surface area contributed by atoms with Gasteiger partial charge in [-0.05, 0) is 187 Å². The van der Waals surface area contributed by atoms with E-state index in [-0.39, 0.29) is 94.8 Å². The molecule has 4 aliphatic heterocycles. The molecule has 12 heterocycles. The number of oxazole rings is 1. The molecule has 4 amide bonds. The van der Waals surface area contributed by atoms with Crippen molar-refractivity contribution in [1.29, 1.82) is 0 Å². The average molecular weight is 1530 g/mol. The Balaban J connectivity index is 0.000000114. The van der Waals surface area contributed by atoms with Gasteiger partial charge >= 0.3 is 0 Å². The van der Waals surface area contributed by atoms with Crippen LogP contribution in [0.3, 0.4) is 0 Å². The van der Waals surface area contributed by atoms with Crippen LogP contribution < -0.4 is 23.7 Å². The maximum atomic E-state index is 14.6. The molecule has 12 unspecified atom stereocenters. The number of aromatic nitrogens is 12. The van der Waals surface area contributed by atoms with E-state index in [4.69, 9.17) is 28.1 Å². The van der Waals surface area contributed by atoms with Gasteiger partial charge in [0.25, 0.3) is 23.6 Å². The van der Waals surface area contributed by atoms with Gasteiger partial charge in [0.2, 0.25) is 29.4 Å². The second-order valence-electron chi connectivity index (χ2n) is 30.6. The van der Waals surface area contributed by atoms with Crippen molar-refractivity contribution in [3.05, 3.63) is 245 Å². The van der Waals surface area contributed by atoms with Crippen LogP contribution in [-0.4, -0.2) is 185 Å². The number of hydrogen-bond donors (Lipinski definition) is 0. The molecule has 8 aliphatic rings. The van der Waals surface area contributed by atoms with Crippen molar-refractivity contribution in [1.82, 2.24) is 79.5 Å². The minimum atomic E-state index is -0.528. The highest BCUT2D eigenvalue weighted by atomic mass is 19.1. The summed E-state index contributed by atoms with van der Waals surface area (Å²) in [4.78, 5) is 87.0. The van der Waals surface area contributed by atoms with E-state index < -0.39 is 11.6 Å². The molecule has 580 valence electrons. The SMILES string of the molecule is COc1c(F)cccc1C(=O)N1CC2CC(Oc3ccc(C)cn3)C1C2.Cc1ccc(OC2CC3CC2N(C(=O)c2ccc(C)nc2-n2ccnn2)C3)nc1.Cc1ccc(OC2CC3CC2N(C(=O)c2cccc(C)c2-c2ncco2)C3)nc1.Cc1ccc(OC2CC3CC2N(C(=O)c2cccc(F)c2-n2ccnn2)C3)nc1. The van der Waals surface area contributed by atoms with Crippen molar-refractivity contribution >= 4 is 23.6 Å². The third-order valence-corrected chi connectivity index (χ3v) is 22.7. The number of rotatable bonds is 16. The van der Waals surface area contributed by atoms with Crippen LogP contribution in [0.1, 0.15) is 126 Å². The normalized spacial score (nSPS) is 23.1. The number of para-hydroxylation sites is 2. The van der Waals surface area contributed by atoms with Crippen molar-refractivity contribution < 1.29 is 56.1 Å². The number of ether oxygens (including phenoxy) is 5. The minimum Gasteiger partial charge on any atom is -0.493 e. The molecular formula is C85H86F2N16O10. The number of methoxy groups -OCH3 is 1. The molecule has 4 saturated carbocycles. The molecule has 19 rings (SSSR count). The Morgan fingerprint density at radius 1 is 0.425 bits per heavy atom. The maximum Gasteiger partial charge on any atom is 0.258 e. The number of hydrogen-bond acceptors (Lipinski definition) is 20. The van der Waals surface area contributed by atoms with Crippen LogP contribution in [0.4, 0.5) is 8.78 Å². The third kappa shape index (κ3) is 15.7. The van der Waals surface area contributed by atoms with Gasteiger partial charge in [-0.2, -0.15) is 0 Å². The van der Waals surface area contributed by atoms with Crippen molar-refractivity contribution in [3.63, 3.8) is 0 Å². The Labute approximate surface area is 651 Å². The molecule has 4 aliphatic carbocycles. The first kappa shape index (κ1) is 74.7. The Morgan fingerprint density at radius 3 is 1.24 bits per heavy atom. The van der Waals surface area contributed by atoms with Gasteiger partial charge in [-0.1, -0.05) is 59.0 Å². The fourth-order valence-electron chi connectivity index (χ4n) is 17.5. The molecule has 0 radical (unpaired) electrons. The molecule has 0 N–H and O–H groups in total. The van der Waals surface area contributed by atoms with Crippen LogP contribution >= 0.6 is 0 Å². The van der Waals surface area contributed by atoms with E-state index in [1.165, 1.54) is 48.6 Å². The monoisotopic (exact) mass is 1530 g/mol. The van der Waals surface area contributed by atoms with Crippen molar-refractivity contribution in [2.24, 2.45) is 23.7 Å². The molecule has 8 fully saturated rings. The number of nitrogens with zero attached hydrogens (tertiary/aromatic N) is 16. The summed E-state index contributed by atoms with van der Waals surface area (Å²) in [7, 11) is 1.38. The van der Waals surface area contributed by atoms with Crippen molar-refractivity contribution in [2.45, 2.75) is 141 Å². The topological polar surface area (TPSA) is 279 Å². The molecule has 8 aromatic heterocycles. The largest absolute Gasteiger partial charge is 0.493 e. The minimum absolute atomic E-state index is 0.00190. The second kappa shape index (κ2) is 32.2. The molecule has 113 heavy (non-hydrogen) atoms. The molecule has 4 saturated heterocycles. The summed E-state index contributed by atoms with van der Waals surface area (Å²) in [5, 5.41) is 15.5. The van der Waals surface area contributed by atoms with E-state index in [1.807, 2.05) is 135 Å². The fraction of sp³-hybridized carbons (Fsp3) is 0.365. The van der Waals surface area contributed by atoms with Gasteiger partial charge in [-0.15, -0.1) is 10.2 Å². The summed E-state index contributed by atoms with van der Waals surface area (Å²) >= 11 is 0. The molecule has 12 atom stereocenters. The van der Waals surface area contributed by atoms with E-state index in [2.05, 4.69) is 50.5 Å². The highest BCUT2D eigenvalue weighted by molar-refractivity contribution is 6.02. The number of halogens is 2. The predicted molar refractivity (Wildman–Crippen MR) is 409 cm³/mol. The maximum absolute atomic E-state index is 14.6. The number of pyridine rings is 5. The summed E-state index contributed by atoms with van der Waals surface area (Å²) in [6, 6.07) is 33.7. The lowest BCUT2D eigenvalue weighted by Gasteiger charge is -2.33. The zero-order valence-electron chi connectivity index (χ0n) is 63.7. The van der Waals surface area contributed by atoms with Gasteiger partial charge in [0, 0.05) is 80.9 Å². The van der Waals surface area contributed by atoms with Gasteiger partial charge in [0.05, 0.1) is 90.1 Å². The first-order valence-electron chi connectivity index (χ1n) is 38.3. The lowest BCUT2D eigenvalue weighted by Crippen LogP contribution is -2.47. The zero-order valence-corrected chi connectivity index (χ0v) is 63.7. The summed E-state index contributed by atoms with van der Waals surface area (Å²) in [6.07, 6.45) is 23.7. The standard InChI is InChI=1S/C23H23N3O3.C21H20FN5O2.C21H22N6O2.C20H21FN2O3/c1-14-6-7-20(25-12-14)29-19-11-16-10-18(19)26(13-16)23(27)17-5-3-4-15(2)21(17)22-24-8-9-28-22;1-13-5-6-19(23-11-13)29-18-10-14-9-17(18)26(12-14)21(28)15-3-2-4-16(22)20(15)27-8-7-24-25-27;1-13-3-6-19(22-11-13)29-18-10-15-9-17(18)26(12-15)21(28)16-5-4-14(2)24-20(16)27-8-7-23-25-27;1-12-6-7-18(22-10-12)26-17-9-13-8-16(17)23(11-13)20(24)14-4-3-5-15(21)19(14)25-2/h3-9,12,16,18-19H,10-11,13H2,1-2H3;2-8,11,14,17-18H,9-10,12H2,1H3;3-8,11,15,17-18H,9-10,12H2,1-2H3;3-7,10,13,16-17H,8-9,11H2,1-2H3. The number of carbonyl (C=O) groups excluding carboxylic acids is 4. The summed E-state index contributed by atoms with van der Waals surface area (Å²) < 4.78 is 66.4. The molecule has 11 aromatic rings. The van der Waals surface area contributed by atoms with Gasteiger partial charge < -0.3 is 47.7 Å². The Bertz CT molecular complexity index is 5050. The number of benzene rings is 3. The van der Waals surface area contributed by atoms with Gasteiger partial charge in [0.15, 0.2) is 17.4 Å². The molecule has 26 nitrogen and oxygen atoms in total. The van der Waals surface area contributed by atoms with Crippen LogP contribution in [0, 0.1) is 76.8 Å². The quantitative estimate of drug-likeness (QED) is 0.0869. The number of fused-ring (bicyclic) bond motifs is 8. The number of amides is 4. The predicted octanol–water partition coefficient (Wildman–Crippen LogP) is 12.4. The first-order chi connectivity index (χ1) is 54.8. The summed E-state index contributed by atoms with van der Waals surface area (Å²) in [6.45, 7) is 14.6. The summed E-state index contributed by atoms with van der Waals surface area (Å²) in [5.74, 6) is 3.56. The third-order valence-electron chi connectivity index (χ3n) is 22.7. The zero-order chi connectivity index (χ0) is 78.1. The first-order valence-corrected chi connectivity index (χ1v) is 38.3. The van der Waals surface area contributed by atoms with Crippen LogP contribution in [0.2, 0.25) is 0 Å². The smallest absolute Gasteiger partial charge is 0.258 e. The van der Waals surface area contributed by atoms with E-state index in [0.717, 1.165) is 104 Å². The van der Waals surface area contributed by atoms with E-state index in [9.17, 15) is 28.0 Å². The molecule has 3 aromatic carbocycles. The molecule has 0 spiro atoms. The summed E-state index contributed by atoms with van der Waals surface area (Å²) in [5.41, 5.74) is 8.69. The average Bonchev–Trinajstić information content (AvgIpc) is 1.61. The van der Waals surface area contributed by atoms with E-state index >= 15 is 0 Å². The Hall–Kier alpha value is -12.4. The van der Waals surface area contributed by atoms with E-state index in [1.54, 1.807) is 71.2 Å². The Morgan fingerprint density at radius 2 is 0.832 bits per heavy atom. The van der Waals surface area contributed by atoms with Crippen molar-refractivity contribution in [2.75, 3.05) is 33.3 Å². The molecule has 8 bridgehead atoms. The number of likely N-dealkylation sites (tertiary alicyclic amines) is 4. The number of carbonyl (C=O) groups is 4. The second-order valence-corrected chi connectivity index (χ2v) is 30.6. The Kier molecular flexibility index (Phi) is 21.3. The van der Waals surface area contributed by atoms with E-state index in [0.29, 0.717) is 83.1 Å². The lowest BCUT2D eigenvalue weighted by molar-refractivity contribution is 0.0461. The number of piperidine rings is 4. The number of aryl methyl sites for hydroxylation is 6. The van der Waals surface area contributed by atoms with Crippen LogP contribution in [-0.2, 0) is 0 Å². The fourth-order valence-corrected chi connectivity index (χ4v) is 17.5. The van der Waals surface area contributed by atoms with Crippen LogP contribution in [0.25, 0.3) is 23.0 Å². The van der Waals surface area contributed by atoms with Gasteiger partial charge in [0.1, 0.15) is 42.2 Å². The highest BCUT2D eigenvalue weighted by Gasteiger charge is 2.53. The van der Waals surface area contributed by atoms with Crippen LogP contribution in [0.5, 0.6) is 29.3 Å². The van der Waals surface area contributed by atoms with Gasteiger partial charge in [-0.3, -0.25) is 19.2 Å². The van der Waals surface area contributed by atoms with Crippen molar-refractivity contribution in [3.8, 4) is 52.2 Å². The van der Waals surface area contributed by atoms with Gasteiger partial charge in [-0.25, -0.2) is 48.0 Å².